The molecule has 0 spiro atoms. The quantitative estimate of drug-likeness (QED) is 0.443. The molecule has 5 heteroatoms. The van der Waals surface area contributed by atoms with E-state index in [0.717, 1.165) is 12.2 Å². The highest BCUT2D eigenvalue weighted by atomic mass is 16.6. The highest BCUT2D eigenvalue weighted by Gasteiger charge is 2.21. The number of rotatable bonds is 1. The fraction of sp³-hybridized carbons (Fsp3) is 0.167. The summed E-state index contributed by atoms with van der Waals surface area (Å²) in [5.74, 6) is -1.03. The van der Waals surface area contributed by atoms with E-state index < -0.39 is 16.5 Å². The second-order valence-corrected chi connectivity index (χ2v) is 2.07. The number of carbonyl (C=O) groups excluding carboxylic acids is 1. The summed E-state index contributed by atoms with van der Waals surface area (Å²) in [6.45, 7) is 0. The second kappa shape index (κ2) is 2.53. The fourth-order valence-electron chi connectivity index (χ4n) is 0.707. The van der Waals surface area contributed by atoms with Crippen LogP contribution in [0.3, 0.4) is 0 Å². The van der Waals surface area contributed by atoms with Gasteiger partial charge in [0.25, 0.3) is 5.70 Å². The number of hydrogen-bond acceptors (Lipinski definition) is 4. The zero-order valence-electron chi connectivity index (χ0n) is 5.48. The molecule has 0 aromatic carbocycles. The van der Waals surface area contributed by atoms with Crippen LogP contribution < -0.4 is 0 Å². The van der Waals surface area contributed by atoms with Gasteiger partial charge in [-0.15, -0.1) is 0 Å². The summed E-state index contributed by atoms with van der Waals surface area (Å²) < 4.78 is 0. The van der Waals surface area contributed by atoms with E-state index in [2.05, 4.69) is 0 Å². The first-order valence-corrected chi connectivity index (χ1v) is 2.88. The summed E-state index contributed by atoms with van der Waals surface area (Å²) in [4.78, 5) is 20.1. The molecule has 5 nitrogen and oxygen atoms in total. The van der Waals surface area contributed by atoms with Gasteiger partial charge < -0.3 is 5.11 Å². The Kier molecular flexibility index (Phi) is 1.72. The number of allylic oxidation sites excluding steroid dienone is 4. The normalized spacial score (nSPS) is 17.3. The molecule has 0 heterocycles. The third kappa shape index (κ3) is 1.43. The van der Waals surface area contributed by atoms with E-state index >= 15 is 0 Å². The molecule has 0 aromatic heterocycles. The van der Waals surface area contributed by atoms with Gasteiger partial charge in [0.2, 0.25) is 5.78 Å². The molecule has 1 aliphatic rings. The maximum Gasteiger partial charge on any atom is 0.254 e. The van der Waals surface area contributed by atoms with Crippen LogP contribution in [0.25, 0.3) is 0 Å². The van der Waals surface area contributed by atoms with Gasteiger partial charge >= 0.3 is 0 Å². The van der Waals surface area contributed by atoms with Gasteiger partial charge in [-0.1, -0.05) is 0 Å². The lowest BCUT2D eigenvalue weighted by molar-refractivity contribution is -0.426. The lowest BCUT2D eigenvalue weighted by atomic mass is 10.1. The highest BCUT2D eigenvalue weighted by Crippen LogP contribution is 2.12. The number of ketones is 1. The van der Waals surface area contributed by atoms with Gasteiger partial charge in [-0.05, 0) is 6.08 Å². The number of aliphatic hydroxyl groups is 1. The van der Waals surface area contributed by atoms with Crippen molar-refractivity contribution in [1.82, 2.24) is 0 Å². The van der Waals surface area contributed by atoms with Gasteiger partial charge in [0.15, 0.2) is 5.76 Å². The van der Waals surface area contributed by atoms with Crippen molar-refractivity contribution < 1.29 is 14.8 Å². The first-order valence-electron chi connectivity index (χ1n) is 2.88. The molecule has 1 rings (SSSR count). The zero-order valence-corrected chi connectivity index (χ0v) is 5.48. The van der Waals surface area contributed by atoms with Crippen LogP contribution in [0.1, 0.15) is 6.42 Å². The van der Waals surface area contributed by atoms with Gasteiger partial charge in [-0.25, -0.2) is 0 Å². The monoisotopic (exact) mass is 155 g/mol. The van der Waals surface area contributed by atoms with Crippen LogP contribution in [0.5, 0.6) is 0 Å². The van der Waals surface area contributed by atoms with Crippen molar-refractivity contribution in [3.8, 4) is 0 Å². The average molecular weight is 155 g/mol. The van der Waals surface area contributed by atoms with Crippen molar-refractivity contribution in [3.63, 3.8) is 0 Å². The average Bonchev–Trinajstić information content (AvgIpc) is 1.94. The van der Waals surface area contributed by atoms with E-state index in [1.54, 1.807) is 0 Å². The molecule has 1 N–H and O–H groups in total. The minimum absolute atomic E-state index is 0.187. The van der Waals surface area contributed by atoms with Gasteiger partial charge in [-0.3, -0.25) is 14.9 Å². The first kappa shape index (κ1) is 7.46. The van der Waals surface area contributed by atoms with Gasteiger partial charge in [-0.2, -0.15) is 0 Å². The van der Waals surface area contributed by atoms with Crippen molar-refractivity contribution >= 4 is 5.78 Å². The number of Topliss-reactive ketones (excluding diaryl/α,β-unsaturated/α-hetero) is 1. The van der Waals surface area contributed by atoms with E-state index in [-0.39, 0.29) is 12.1 Å². The minimum atomic E-state index is -0.638. The fourth-order valence-corrected chi connectivity index (χ4v) is 0.707. The molecular weight excluding hydrogens is 150 g/mol. The third-order valence-corrected chi connectivity index (χ3v) is 1.30. The summed E-state index contributed by atoms with van der Waals surface area (Å²) >= 11 is 0. The zero-order chi connectivity index (χ0) is 8.43. The summed E-state index contributed by atoms with van der Waals surface area (Å²) in [7, 11) is 0. The number of aliphatic hydroxyl groups excluding tert-OH is 1. The smallest absolute Gasteiger partial charge is 0.254 e. The van der Waals surface area contributed by atoms with Crippen molar-refractivity contribution in [1.29, 1.82) is 0 Å². The molecule has 0 atom stereocenters. The van der Waals surface area contributed by atoms with E-state index in [0.29, 0.717) is 0 Å². The van der Waals surface area contributed by atoms with Crippen LogP contribution in [0.15, 0.2) is 23.6 Å². The molecular formula is C6H5NO4. The van der Waals surface area contributed by atoms with E-state index in [9.17, 15) is 14.9 Å². The van der Waals surface area contributed by atoms with Crippen LogP contribution in [0.4, 0.5) is 0 Å². The summed E-state index contributed by atoms with van der Waals surface area (Å²) in [5, 5.41) is 18.8. The Morgan fingerprint density at radius 3 is 2.64 bits per heavy atom. The maximum absolute atomic E-state index is 10.6. The maximum atomic E-state index is 10.6. The van der Waals surface area contributed by atoms with Crippen molar-refractivity contribution in [2.24, 2.45) is 0 Å². The third-order valence-electron chi connectivity index (χ3n) is 1.30. The van der Waals surface area contributed by atoms with Gasteiger partial charge in [0, 0.05) is 6.08 Å². The van der Waals surface area contributed by atoms with Crippen molar-refractivity contribution in [2.45, 2.75) is 6.42 Å². The van der Waals surface area contributed by atoms with Gasteiger partial charge in [0.05, 0.1) is 4.92 Å². The predicted octanol–water partition coefficient (Wildman–Crippen LogP) is 0.562. The molecule has 11 heavy (non-hydrogen) atoms. The molecule has 0 saturated carbocycles. The SMILES string of the molecule is O=C1CC([N+](=O)[O-])=CC=C1O. The molecule has 0 aliphatic heterocycles. The molecule has 0 aromatic rings. The van der Waals surface area contributed by atoms with Crippen LogP contribution >= 0.6 is 0 Å². The minimum Gasteiger partial charge on any atom is -0.504 e. The topological polar surface area (TPSA) is 80.4 Å². The summed E-state index contributed by atoms with van der Waals surface area (Å²) in [5.41, 5.74) is -0.187. The first-order chi connectivity index (χ1) is 5.11. The Balaban J connectivity index is 2.90. The molecule has 0 unspecified atom stereocenters. The molecule has 1 aliphatic carbocycles. The van der Waals surface area contributed by atoms with Crippen molar-refractivity contribution in [3.05, 3.63) is 33.7 Å². The number of nitrogens with zero attached hydrogens (tertiary/aromatic N) is 1. The Hall–Kier alpha value is -1.65. The lowest BCUT2D eigenvalue weighted by Gasteiger charge is -2.01. The van der Waals surface area contributed by atoms with Crippen LogP contribution in [-0.2, 0) is 4.79 Å². The number of nitro groups is 1. The largest absolute Gasteiger partial charge is 0.504 e. The van der Waals surface area contributed by atoms with Crippen LogP contribution in [-0.4, -0.2) is 15.8 Å². The second-order valence-electron chi connectivity index (χ2n) is 2.07. The Bertz CT molecular complexity index is 276. The Labute approximate surface area is 61.8 Å². The van der Waals surface area contributed by atoms with Crippen molar-refractivity contribution in [2.75, 3.05) is 0 Å². The summed E-state index contributed by atoms with van der Waals surface area (Å²) in [6.07, 6.45) is 1.83. The van der Waals surface area contributed by atoms with E-state index in [4.69, 9.17) is 5.11 Å². The molecule has 58 valence electrons. The van der Waals surface area contributed by atoms with Gasteiger partial charge in [0.1, 0.15) is 6.42 Å². The molecule has 0 fully saturated rings. The molecule has 0 amide bonds. The molecule has 0 saturated heterocycles. The number of hydrogen-bond donors (Lipinski definition) is 1. The standard InChI is InChI=1S/C6H5NO4/c8-5-2-1-4(7(10)11)3-6(5)9/h1-2,8H,3H2. The lowest BCUT2D eigenvalue weighted by Crippen LogP contribution is -2.11. The highest BCUT2D eigenvalue weighted by molar-refractivity contribution is 5.95. The summed E-state index contributed by atoms with van der Waals surface area (Å²) in [6, 6.07) is 0. The van der Waals surface area contributed by atoms with Crippen LogP contribution in [0.2, 0.25) is 0 Å². The van der Waals surface area contributed by atoms with Crippen LogP contribution in [0, 0.1) is 10.1 Å². The number of carbonyl (C=O) groups is 1. The van der Waals surface area contributed by atoms with E-state index in [1.165, 1.54) is 0 Å². The Morgan fingerprint density at radius 1 is 1.55 bits per heavy atom. The molecule has 0 radical (unpaired) electrons. The Morgan fingerprint density at radius 2 is 2.18 bits per heavy atom. The predicted molar refractivity (Wildman–Crippen MR) is 35.4 cm³/mol. The molecule has 0 bridgehead atoms. The van der Waals surface area contributed by atoms with E-state index in [1.807, 2.05) is 0 Å².